The maximum absolute atomic E-state index is 12.6. The molecule has 0 radical (unpaired) electrons. The van der Waals surface area contributed by atoms with E-state index in [1.165, 1.54) is 19.1 Å². The normalized spacial score (nSPS) is 12.5. The summed E-state index contributed by atoms with van der Waals surface area (Å²) in [7, 11) is 0. The Labute approximate surface area is 82.7 Å². The van der Waals surface area contributed by atoms with E-state index in [2.05, 4.69) is 0 Å². The molecule has 0 fully saturated rings. The predicted octanol–water partition coefficient (Wildman–Crippen LogP) is 2.49. The minimum absolute atomic E-state index is 0.0709. The van der Waals surface area contributed by atoms with Crippen molar-refractivity contribution in [3.8, 4) is 0 Å². The molecule has 3 heteroatoms. The quantitative estimate of drug-likeness (QED) is 0.739. The zero-order valence-electron chi connectivity index (χ0n) is 8.29. The van der Waals surface area contributed by atoms with Gasteiger partial charge in [-0.15, -0.1) is 0 Å². The average molecular weight is 196 g/mol. The molecule has 1 atom stereocenters. The highest BCUT2D eigenvalue weighted by atomic mass is 19.1. The topological polar surface area (TPSA) is 26.3 Å². The Hall–Kier alpha value is -1.22. The molecule has 1 rings (SSSR count). The van der Waals surface area contributed by atoms with Crippen LogP contribution in [-0.2, 0) is 9.53 Å². The van der Waals surface area contributed by atoms with Crippen LogP contribution in [0.15, 0.2) is 24.3 Å². The molecule has 0 aliphatic heterocycles. The Morgan fingerprint density at radius 2 is 2.00 bits per heavy atom. The second kappa shape index (κ2) is 4.86. The molecule has 2 nitrogen and oxygen atoms in total. The zero-order valence-corrected chi connectivity index (χ0v) is 8.29. The van der Waals surface area contributed by atoms with Gasteiger partial charge in [-0.2, -0.15) is 0 Å². The van der Waals surface area contributed by atoms with Gasteiger partial charge in [-0.05, 0) is 31.5 Å². The van der Waals surface area contributed by atoms with Gasteiger partial charge in [0.05, 0.1) is 0 Å². The van der Waals surface area contributed by atoms with Crippen molar-refractivity contribution in [1.82, 2.24) is 0 Å². The van der Waals surface area contributed by atoms with E-state index >= 15 is 0 Å². The molecule has 1 aromatic carbocycles. The smallest absolute Gasteiger partial charge is 0.163 e. The summed E-state index contributed by atoms with van der Waals surface area (Å²) in [5.74, 6) is -0.383. The second-order valence-corrected chi connectivity index (χ2v) is 3.00. The lowest BCUT2D eigenvalue weighted by Gasteiger charge is -2.13. The van der Waals surface area contributed by atoms with Crippen LogP contribution in [0.25, 0.3) is 0 Å². The number of hydrogen-bond donors (Lipinski definition) is 0. The molecule has 14 heavy (non-hydrogen) atoms. The van der Waals surface area contributed by atoms with Crippen LogP contribution >= 0.6 is 0 Å². The number of ketones is 1. The largest absolute Gasteiger partial charge is 0.366 e. The summed E-state index contributed by atoms with van der Waals surface area (Å²) >= 11 is 0. The van der Waals surface area contributed by atoms with Gasteiger partial charge in [-0.25, -0.2) is 4.39 Å². The molecule has 0 aliphatic carbocycles. The fourth-order valence-electron chi connectivity index (χ4n) is 1.25. The molecule has 0 aliphatic rings. The number of ether oxygens (including phenoxy) is 1. The Bertz CT molecular complexity index is 306. The number of hydrogen-bond acceptors (Lipinski definition) is 2. The molecule has 0 saturated heterocycles. The SMILES string of the molecule is CCOC(C(C)=O)c1ccc(F)cc1. The molecule has 1 unspecified atom stereocenters. The molecule has 0 spiro atoms. The third kappa shape index (κ3) is 2.64. The van der Waals surface area contributed by atoms with Crippen LogP contribution in [0, 0.1) is 5.82 Å². The van der Waals surface area contributed by atoms with Crippen molar-refractivity contribution in [2.45, 2.75) is 20.0 Å². The van der Waals surface area contributed by atoms with E-state index in [4.69, 9.17) is 4.74 Å². The maximum Gasteiger partial charge on any atom is 0.163 e. The van der Waals surface area contributed by atoms with Crippen molar-refractivity contribution in [2.24, 2.45) is 0 Å². The number of rotatable bonds is 4. The molecule has 0 amide bonds. The summed E-state index contributed by atoms with van der Waals surface area (Å²) in [6, 6.07) is 5.78. The highest BCUT2D eigenvalue weighted by Crippen LogP contribution is 2.18. The first-order chi connectivity index (χ1) is 6.65. The number of carbonyl (C=O) groups is 1. The van der Waals surface area contributed by atoms with Crippen LogP contribution in [0.4, 0.5) is 4.39 Å². The molecule has 0 saturated carbocycles. The van der Waals surface area contributed by atoms with E-state index in [-0.39, 0.29) is 11.6 Å². The van der Waals surface area contributed by atoms with E-state index in [0.717, 1.165) is 0 Å². The first-order valence-electron chi connectivity index (χ1n) is 4.52. The van der Waals surface area contributed by atoms with Crippen LogP contribution in [-0.4, -0.2) is 12.4 Å². The van der Waals surface area contributed by atoms with Crippen molar-refractivity contribution in [3.05, 3.63) is 35.6 Å². The maximum atomic E-state index is 12.6. The van der Waals surface area contributed by atoms with Crippen LogP contribution in [0.3, 0.4) is 0 Å². The van der Waals surface area contributed by atoms with Crippen molar-refractivity contribution in [3.63, 3.8) is 0 Å². The van der Waals surface area contributed by atoms with Gasteiger partial charge in [0.1, 0.15) is 11.9 Å². The lowest BCUT2D eigenvalue weighted by atomic mass is 10.1. The van der Waals surface area contributed by atoms with Crippen LogP contribution in [0.5, 0.6) is 0 Å². The van der Waals surface area contributed by atoms with Crippen molar-refractivity contribution in [1.29, 1.82) is 0 Å². The summed E-state index contributed by atoms with van der Waals surface area (Å²) in [5, 5.41) is 0. The fourth-order valence-corrected chi connectivity index (χ4v) is 1.25. The van der Waals surface area contributed by atoms with Crippen LogP contribution in [0.2, 0.25) is 0 Å². The van der Waals surface area contributed by atoms with Gasteiger partial charge in [0.15, 0.2) is 5.78 Å². The first-order valence-corrected chi connectivity index (χ1v) is 4.52. The zero-order chi connectivity index (χ0) is 10.6. The summed E-state index contributed by atoms with van der Waals surface area (Å²) in [6.07, 6.45) is -0.569. The monoisotopic (exact) mass is 196 g/mol. The predicted molar refractivity (Wildman–Crippen MR) is 51.4 cm³/mol. The average Bonchev–Trinajstić information content (AvgIpc) is 2.15. The number of carbonyl (C=O) groups excluding carboxylic acids is 1. The number of halogens is 1. The van der Waals surface area contributed by atoms with E-state index < -0.39 is 6.10 Å². The van der Waals surface area contributed by atoms with Crippen molar-refractivity contribution >= 4 is 5.78 Å². The molecule has 0 bridgehead atoms. The van der Waals surface area contributed by atoms with Crippen molar-refractivity contribution < 1.29 is 13.9 Å². The minimum Gasteiger partial charge on any atom is -0.366 e. The molecular formula is C11H13FO2. The Balaban J connectivity index is 2.87. The fraction of sp³-hybridized carbons (Fsp3) is 0.364. The van der Waals surface area contributed by atoms with Crippen LogP contribution < -0.4 is 0 Å². The summed E-state index contributed by atoms with van der Waals surface area (Å²) in [5.41, 5.74) is 0.695. The molecule has 0 N–H and O–H groups in total. The first kappa shape index (κ1) is 10.9. The van der Waals surface area contributed by atoms with E-state index in [1.807, 2.05) is 6.92 Å². The van der Waals surface area contributed by atoms with Crippen LogP contribution in [0.1, 0.15) is 25.5 Å². The van der Waals surface area contributed by atoms with Gasteiger partial charge in [-0.3, -0.25) is 4.79 Å². The summed E-state index contributed by atoms with van der Waals surface area (Å²) in [6.45, 7) is 3.74. The lowest BCUT2D eigenvalue weighted by molar-refractivity contribution is -0.128. The Morgan fingerprint density at radius 3 is 2.43 bits per heavy atom. The molecule has 0 aromatic heterocycles. The summed E-state index contributed by atoms with van der Waals surface area (Å²) < 4.78 is 17.9. The highest BCUT2D eigenvalue weighted by molar-refractivity contribution is 5.81. The van der Waals surface area contributed by atoms with Gasteiger partial charge < -0.3 is 4.74 Å². The summed E-state index contributed by atoms with van der Waals surface area (Å²) in [4.78, 5) is 11.2. The van der Waals surface area contributed by atoms with Crippen molar-refractivity contribution in [2.75, 3.05) is 6.61 Å². The van der Waals surface area contributed by atoms with Gasteiger partial charge in [0.25, 0.3) is 0 Å². The Morgan fingerprint density at radius 1 is 1.43 bits per heavy atom. The van der Waals surface area contributed by atoms with E-state index in [0.29, 0.717) is 12.2 Å². The van der Waals surface area contributed by atoms with Gasteiger partial charge >= 0.3 is 0 Å². The van der Waals surface area contributed by atoms with E-state index in [1.54, 1.807) is 12.1 Å². The third-order valence-corrected chi connectivity index (χ3v) is 1.88. The lowest BCUT2D eigenvalue weighted by Crippen LogP contribution is -2.12. The van der Waals surface area contributed by atoms with E-state index in [9.17, 15) is 9.18 Å². The highest BCUT2D eigenvalue weighted by Gasteiger charge is 2.16. The van der Waals surface area contributed by atoms with Gasteiger partial charge in [-0.1, -0.05) is 12.1 Å². The number of benzene rings is 1. The van der Waals surface area contributed by atoms with Gasteiger partial charge in [0, 0.05) is 6.61 Å². The molecule has 1 aromatic rings. The molecule has 0 heterocycles. The number of Topliss-reactive ketones (excluding diaryl/α,β-unsaturated/α-hetero) is 1. The van der Waals surface area contributed by atoms with Gasteiger partial charge in [0.2, 0.25) is 0 Å². The second-order valence-electron chi connectivity index (χ2n) is 3.00. The third-order valence-electron chi connectivity index (χ3n) is 1.88. The standard InChI is InChI=1S/C11H13FO2/c1-3-14-11(8(2)13)9-4-6-10(12)7-5-9/h4-7,11H,3H2,1-2H3. The molecular weight excluding hydrogens is 183 g/mol. The molecule has 76 valence electrons. The Kier molecular flexibility index (Phi) is 3.77. The minimum atomic E-state index is -0.569.